The molecule has 148 valence electrons. The van der Waals surface area contributed by atoms with E-state index < -0.39 is 14.4 Å². The first-order valence-corrected chi connectivity index (χ1v) is 12.1. The summed E-state index contributed by atoms with van der Waals surface area (Å²) in [6.45, 7) is 18.0. The lowest BCUT2D eigenvalue weighted by Crippen LogP contribution is -2.42. The molecule has 0 aromatic carbocycles. The van der Waals surface area contributed by atoms with Crippen molar-refractivity contribution in [3.63, 3.8) is 0 Å². The van der Waals surface area contributed by atoms with Gasteiger partial charge < -0.3 is 23.7 Å². The summed E-state index contributed by atoms with van der Waals surface area (Å²) >= 11 is 0. The first-order valence-electron chi connectivity index (χ1n) is 9.22. The monoisotopic (exact) mass is 374 g/mol. The summed E-state index contributed by atoms with van der Waals surface area (Å²) in [7, 11) is -0.172. The Morgan fingerprint density at radius 3 is 2.44 bits per heavy atom. The summed E-state index contributed by atoms with van der Waals surface area (Å²) in [5.74, 6) is 0.293. The van der Waals surface area contributed by atoms with Gasteiger partial charge in [-0.3, -0.25) is 0 Å². The SMILES string of the molecule is C=C[C@@H]1O[C@H]1C[C@H](O)[C@H](C[C@@H](C)CO[Si](C)(C)C(C)(C)C)OCOC. The van der Waals surface area contributed by atoms with Crippen molar-refractivity contribution < 1.29 is 23.7 Å². The Kier molecular flexibility index (Phi) is 8.77. The van der Waals surface area contributed by atoms with Gasteiger partial charge in [-0.2, -0.15) is 0 Å². The fourth-order valence-electron chi connectivity index (χ4n) is 2.47. The summed E-state index contributed by atoms with van der Waals surface area (Å²) in [6.07, 6.45) is 2.31. The third-order valence-corrected chi connectivity index (χ3v) is 9.83. The zero-order chi connectivity index (χ0) is 19.3. The van der Waals surface area contributed by atoms with E-state index in [4.69, 9.17) is 18.6 Å². The van der Waals surface area contributed by atoms with Crippen molar-refractivity contribution >= 4 is 8.32 Å². The van der Waals surface area contributed by atoms with Gasteiger partial charge in [0, 0.05) is 20.1 Å². The average molecular weight is 375 g/mol. The van der Waals surface area contributed by atoms with Gasteiger partial charge in [0.2, 0.25) is 0 Å². The summed E-state index contributed by atoms with van der Waals surface area (Å²) in [5, 5.41) is 10.7. The highest BCUT2D eigenvalue weighted by atomic mass is 28.4. The number of ether oxygens (including phenoxy) is 3. The summed E-state index contributed by atoms with van der Waals surface area (Å²) in [5.41, 5.74) is 0. The van der Waals surface area contributed by atoms with Crippen LogP contribution in [0.15, 0.2) is 12.7 Å². The Labute approximate surface area is 154 Å². The van der Waals surface area contributed by atoms with Crippen LogP contribution in [0.4, 0.5) is 0 Å². The van der Waals surface area contributed by atoms with Gasteiger partial charge in [0.25, 0.3) is 0 Å². The fraction of sp³-hybridized carbons (Fsp3) is 0.895. The van der Waals surface area contributed by atoms with Gasteiger partial charge in [-0.15, -0.1) is 6.58 Å². The fourth-order valence-corrected chi connectivity index (χ4v) is 3.60. The molecule has 1 aliphatic rings. The van der Waals surface area contributed by atoms with Crippen LogP contribution in [0.2, 0.25) is 18.1 Å². The van der Waals surface area contributed by atoms with Crippen LogP contribution in [0.5, 0.6) is 0 Å². The number of epoxide rings is 1. The molecule has 0 unspecified atom stereocenters. The molecule has 0 aromatic heterocycles. The molecule has 0 bridgehead atoms. The Morgan fingerprint density at radius 2 is 1.96 bits per heavy atom. The van der Waals surface area contributed by atoms with Crippen LogP contribution in [0.25, 0.3) is 0 Å². The van der Waals surface area contributed by atoms with Crippen LogP contribution in [0, 0.1) is 5.92 Å². The van der Waals surface area contributed by atoms with E-state index >= 15 is 0 Å². The van der Waals surface area contributed by atoms with Gasteiger partial charge in [0.1, 0.15) is 12.9 Å². The maximum absolute atomic E-state index is 10.5. The van der Waals surface area contributed by atoms with Crippen molar-refractivity contribution in [2.24, 2.45) is 5.92 Å². The van der Waals surface area contributed by atoms with Crippen molar-refractivity contribution in [1.82, 2.24) is 0 Å². The number of hydrogen-bond donors (Lipinski definition) is 1. The zero-order valence-corrected chi connectivity index (χ0v) is 18.1. The molecule has 0 aromatic rings. The molecule has 0 aliphatic carbocycles. The topological polar surface area (TPSA) is 60.5 Å². The lowest BCUT2D eigenvalue weighted by molar-refractivity contribution is -0.122. The first-order chi connectivity index (χ1) is 11.5. The molecule has 0 saturated carbocycles. The smallest absolute Gasteiger partial charge is 0.191 e. The molecule has 0 spiro atoms. The van der Waals surface area contributed by atoms with E-state index in [1.54, 1.807) is 13.2 Å². The number of aliphatic hydroxyl groups is 1. The van der Waals surface area contributed by atoms with Crippen LogP contribution >= 0.6 is 0 Å². The Balaban J connectivity index is 2.51. The lowest BCUT2D eigenvalue weighted by atomic mass is 9.97. The van der Waals surface area contributed by atoms with Crippen molar-refractivity contribution in [1.29, 1.82) is 0 Å². The average Bonchev–Trinajstić information content (AvgIpc) is 3.26. The molecule has 1 heterocycles. The van der Waals surface area contributed by atoms with Crippen LogP contribution in [0.1, 0.15) is 40.5 Å². The molecule has 5 atom stereocenters. The van der Waals surface area contributed by atoms with Gasteiger partial charge in [-0.25, -0.2) is 0 Å². The van der Waals surface area contributed by atoms with Crippen LogP contribution < -0.4 is 0 Å². The molecule has 5 nitrogen and oxygen atoms in total. The number of aliphatic hydroxyl groups excluding tert-OH is 1. The number of rotatable bonds is 12. The van der Waals surface area contributed by atoms with E-state index in [0.717, 1.165) is 6.42 Å². The van der Waals surface area contributed by atoms with Crippen LogP contribution in [-0.2, 0) is 18.6 Å². The van der Waals surface area contributed by atoms with Gasteiger partial charge in [0.15, 0.2) is 8.32 Å². The van der Waals surface area contributed by atoms with Crippen molar-refractivity contribution in [2.75, 3.05) is 20.5 Å². The van der Waals surface area contributed by atoms with E-state index in [0.29, 0.717) is 18.9 Å². The molecule has 1 rings (SSSR count). The highest BCUT2D eigenvalue weighted by Crippen LogP contribution is 2.37. The maximum Gasteiger partial charge on any atom is 0.191 e. The third-order valence-electron chi connectivity index (χ3n) is 5.33. The van der Waals surface area contributed by atoms with E-state index in [1.807, 2.05) is 0 Å². The summed E-state index contributed by atoms with van der Waals surface area (Å²) < 4.78 is 22.5. The van der Waals surface area contributed by atoms with E-state index in [1.165, 1.54) is 0 Å². The minimum atomic E-state index is -1.76. The highest BCUT2D eigenvalue weighted by Gasteiger charge is 2.40. The summed E-state index contributed by atoms with van der Waals surface area (Å²) in [4.78, 5) is 0. The standard InChI is InChI=1S/C19H38O5Si/c1-9-16-18(24-16)11-15(20)17(22-13-21-6)10-14(2)12-23-25(7,8)19(3,4)5/h9,14-18,20H,1,10-13H2,2-8H3/t14-,15+,16+,17+,18+/m1/s1. The Bertz CT molecular complexity index is 407. The molecule has 1 fully saturated rings. The van der Waals surface area contributed by atoms with E-state index in [-0.39, 0.29) is 30.1 Å². The minimum absolute atomic E-state index is 0.0555. The van der Waals surface area contributed by atoms with Crippen molar-refractivity contribution in [2.45, 2.75) is 83.1 Å². The van der Waals surface area contributed by atoms with Gasteiger partial charge in [0.05, 0.1) is 18.3 Å². The largest absolute Gasteiger partial charge is 0.417 e. The molecule has 0 amide bonds. The quantitative estimate of drug-likeness (QED) is 0.244. The zero-order valence-electron chi connectivity index (χ0n) is 17.1. The molecule has 0 radical (unpaired) electrons. The van der Waals surface area contributed by atoms with Gasteiger partial charge in [-0.1, -0.05) is 33.8 Å². The Hall–Kier alpha value is -0.243. The highest BCUT2D eigenvalue weighted by molar-refractivity contribution is 6.74. The Morgan fingerprint density at radius 1 is 1.32 bits per heavy atom. The van der Waals surface area contributed by atoms with Crippen LogP contribution in [-0.4, -0.2) is 58.3 Å². The predicted molar refractivity (Wildman–Crippen MR) is 103 cm³/mol. The van der Waals surface area contributed by atoms with E-state index in [2.05, 4.69) is 47.4 Å². The van der Waals surface area contributed by atoms with E-state index in [9.17, 15) is 5.11 Å². The molecular weight excluding hydrogens is 336 g/mol. The van der Waals surface area contributed by atoms with Crippen LogP contribution in [0.3, 0.4) is 0 Å². The third kappa shape index (κ3) is 7.49. The first kappa shape index (κ1) is 22.8. The molecule has 6 heteroatoms. The normalized spacial score (nSPS) is 24.6. The van der Waals surface area contributed by atoms with Crippen molar-refractivity contribution in [3.05, 3.63) is 12.7 Å². The molecule has 1 aliphatic heterocycles. The molecule has 25 heavy (non-hydrogen) atoms. The molecule has 1 saturated heterocycles. The maximum atomic E-state index is 10.5. The summed E-state index contributed by atoms with van der Waals surface area (Å²) in [6, 6.07) is 0. The second kappa shape index (κ2) is 9.62. The van der Waals surface area contributed by atoms with Gasteiger partial charge >= 0.3 is 0 Å². The number of methoxy groups -OCH3 is 1. The molecular formula is C19H38O5Si. The second-order valence-corrected chi connectivity index (χ2v) is 13.5. The van der Waals surface area contributed by atoms with Gasteiger partial charge in [-0.05, 0) is 30.5 Å². The number of hydrogen-bond acceptors (Lipinski definition) is 5. The lowest BCUT2D eigenvalue weighted by Gasteiger charge is -2.37. The molecule has 1 N–H and O–H groups in total. The van der Waals surface area contributed by atoms with Crippen molar-refractivity contribution in [3.8, 4) is 0 Å². The second-order valence-electron chi connectivity index (χ2n) is 8.70. The minimum Gasteiger partial charge on any atom is -0.417 e. The predicted octanol–water partition coefficient (Wildman–Crippen LogP) is 3.73.